The van der Waals surface area contributed by atoms with Crippen molar-refractivity contribution in [2.24, 2.45) is 0 Å². The van der Waals surface area contributed by atoms with Gasteiger partial charge in [-0.05, 0) is 67.3 Å². The molecule has 27 heavy (non-hydrogen) atoms. The highest BCUT2D eigenvalue weighted by molar-refractivity contribution is 5.87. The van der Waals surface area contributed by atoms with Gasteiger partial charge >= 0.3 is 0 Å². The maximum atomic E-state index is 6.03. The molecular formula is C25H24NO. The predicted octanol–water partition coefficient (Wildman–Crippen LogP) is 6.93. The van der Waals surface area contributed by atoms with E-state index >= 15 is 0 Å². The first-order valence-electron chi connectivity index (χ1n) is 9.36. The van der Waals surface area contributed by atoms with E-state index in [1.54, 1.807) is 0 Å². The van der Waals surface area contributed by atoms with Crippen LogP contribution in [0, 0.1) is 20.8 Å². The number of ether oxygens (including phenoxy) is 1. The summed E-state index contributed by atoms with van der Waals surface area (Å²) in [6.07, 6.45) is 2.92. The van der Waals surface area contributed by atoms with E-state index in [0.29, 0.717) is 0 Å². The largest absolute Gasteiger partial charge is 0.457 e. The summed E-state index contributed by atoms with van der Waals surface area (Å²) in [4.78, 5) is 3.46. The molecule has 0 bridgehead atoms. The summed E-state index contributed by atoms with van der Waals surface area (Å²) < 4.78 is 6.03. The van der Waals surface area contributed by atoms with E-state index in [0.717, 1.165) is 17.9 Å². The summed E-state index contributed by atoms with van der Waals surface area (Å²) in [6.45, 7) is 8.53. The van der Waals surface area contributed by atoms with Crippen molar-refractivity contribution in [2.45, 2.75) is 26.2 Å². The van der Waals surface area contributed by atoms with Crippen LogP contribution in [0.2, 0.25) is 0 Å². The molecular weight excluding hydrogens is 330 g/mol. The fraction of sp³-hybridized carbons (Fsp3) is 0.160. The fourth-order valence-corrected chi connectivity index (χ4v) is 3.82. The molecule has 1 atom stereocenters. The molecule has 1 unspecified atom stereocenters. The molecule has 0 fully saturated rings. The lowest BCUT2D eigenvalue weighted by molar-refractivity contribution is 0.481. The van der Waals surface area contributed by atoms with Gasteiger partial charge in [0.25, 0.3) is 0 Å². The van der Waals surface area contributed by atoms with Crippen LogP contribution in [-0.4, -0.2) is 4.98 Å². The van der Waals surface area contributed by atoms with Gasteiger partial charge in [-0.25, -0.2) is 0 Å². The highest BCUT2D eigenvalue weighted by atomic mass is 16.5. The van der Waals surface area contributed by atoms with Crippen LogP contribution in [0.3, 0.4) is 0 Å². The Balaban J connectivity index is 1.72. The highest BCUT2D eigenvalue weighted by Gasteiger charge is 2.18. The molecule has 0 saturated heterocycles. The standard InChI is InChI=1S/C25H24NO/c1-4-22(24-16-26-25-18(3)13-17(2)14-23(24)25)19-9-8-12-21(15-19)27-20-10-6-5-7-11-20/h5-16,22,26H,1,4H2,2-3H3. The van der Waals surface area contributed by atoms with Crippen LogP contribution < -0.4 is 4.74 Å². The molecule has 1 heterocycles. The molecule has 4 aromatic rings. The number of rotatable bonds is 5. The van der Waals surface area contributed by atoms with Crippen molar-refractivity contribution in [2.75, 3.05) is 0 Å². The van der Waals surface area contributed by atoms with Gasteiger partial charge in [-0.3, -0.25) is 0 Å². The van der Waals surface area contributed by atoms with E-state index in [-0.39, 0.29) is 5.92 Å². The van der Waals surface area contributed by atoms with Crippen molar-refractivity contribution in [3.05, 3.63) is 102 Å². The van der Waals surface area contributed by atoms with Gasteiger partial charge in [-0.2, -0.15) is 0 Å². The second-order valence-corrected chi connectivity index (χ2v) is 7.08. The number of aryl methyl sites for hydroxylation is 2. The van der Waals surface area contributed by atoms with Crippen LogP contribution in [0.5, 0.6) is 11.5 Å². The first kappa shape index (κ1) is 17.4. The van der Waals surface area contributed by atoms with Crippen LogP contribution >= 0.6 is 0 Å². The lowest BCUT2D eigenvalue weighted by atomic mass is 9.88. The van der Waals surface area contributed by atoms with Crippen molar-refractivity contribution in [1.29, 1.82) is 0 Å². The van der Waals surface area contributed by atoms with Crippen molar-refractivity contribution in [3.8, 4) is 11.5 Å². The summed E-state index contributed by atoms with van der Waals surface area (Å²) in [5.74, 6) is 1.92. The number of fused-ring (bicyclic) bond motifs is 1. The Morgan fingerprint density at radius 3 is 2.48 bits per heavy atom. The third-order valence-electron chi connectivity index (χ3n) is 5.07. The fourth-order valence-electron chi connectivity index (χ4n) is 3.82. The summed E-state index contributed by atoms with van der Waals surface area (Å²) in [6, 6.07) is 22.7. The number of H-pyrrole nitrogens is 1. The highest BCUT2D eigenvalue weighted by Crippen LogP contribution is 2.36. The minimum atomic E-state index is 0.222. The van der Waals surface area contributed by atoms with Crippen LogP contribution in [0.25, 0.3) is 10.9 Å². The molecule has 0 saturated carbocycles. The predicted molar refractivity (Wildman–Crippen MR) is 113 cm³/mol. The van der Waals surface area contributed by atoms with E-state index in [2.05, 4.69) is 62.3 Å². The normalized spacial score (nSPS) is 12.3. The molecule has 0 aliphatic carbocycles. The lowest BCUT2D eigenvalue weighted by Crippen LogP contribution is -1.99. The van der Waals surface area contributed by atoms with Crippen LogP contribution in [0.4, 0.5) is 0 Å². The first-order chi connectivity index (χ1) is 13.2. The average Bonchev–Trinajstić information content (AvgIpc) is 3.08. The number of hydrogen-bond donors (Lipinski definition) is 1. The van der Waals surface area contributed by atoms with E-state index in [1.165, 1.54) is 33.2 Å². The zero-order chi connectivity index (χ0) is 18.8. The SMILES string of the molecule is [CH2]CC(c1cccc(Oc2ccccc2)c1)c1c[nH]c2c(C)cc(C)cc12. The molecule has 0 spiro atoms. The summed E-state index contributed by atoms with van der Waals surface area (Å²) >= 11 is 0. The molecule has 0 aliphatic heterocycles. The number of hydrogen-bond acceptors (Lipinski definition) is 1. The number of aromatic nitrogens is 1. The number of nitrogens with one attached hydrogen (secondary N) is 1. The number of benzene rings is 3. The minimum Gasteiger partial charge on any atom is -0.457 e. The van der Waals surface area contributed by atoms with Crippen LogP contribution in [0.1, 0.15) is 34.6 Å². The van der Waals surface area contributed by atoms with E-state index < -0.39 is 0 Å². The average molecular weight is 354 g/mol. The van der Waals surface area contributed by atoms with Crippen LogP contribution in [-0.2, 0) is 0 Å². The molecule has 135 valence electrons. The maximum Gasteiger partial charge on any atom is 0.127 e. The Bertz CT molecular complexity index is 1060. The Morgan fingerprint density at radius 1 is 0.926 bits per heavy atom. The van der Waals surface area contributed by atoms with Crippen molar-refractivity contribution >= 4 is 10.9 Å². The van der Waals surface area contributed by atoms with Crippen molar-refractivity contribution in [1.82, 2.24) is 4.98 Å². The molecule has 1 N–H and O–H groups in total. The topological polar surface area (TPSA) is 25.0 Å². The third kappa shape index (κ3) is 3.48. The second kappa shape index (κ2) is 7.32. The maximum absolute atomic E-state index is 6.03. The van der Waals surface area contributed by atoms with Gasteiger partial charge in [-0.1, -0.05) is 48.9 Å². The summed E-state index contributed by atoms with van der Waals surface area (Å²) in [5, 5.41) is 1.29. The molecule has 2 heteroatoms. The van der Waals surface area contributed by atoms with Gasteiger partial charge in [0.1, 0.15) is 11.5 Å². The second-order valence-electron chi connectivity index (χ2n) is 7.08. The lowest BCUT2D eigenvalue weighted by Gasteiger charge is -2.17. The minimum absolute atomic E-state index is 0.222. The van der Waals surface area contributed by atoms with Gasteiger partial charge in [0.15, 0.2) is 0 Å². The first-order valence-corrected chi connectivity index (χ1v) is 9.36. The van der Waals surface area contributed by atoms with Crippen molar-refractivity contribution in [3.63, 3.8) is 0 Å². The molecule has 4 rings (SSSR count). The smallest absolute Gasteiger partial charge is 0.127 e. The monoisotopic (exact) mass is 354 g/mol. The Morgan fingerprint density at radius 2 is 1.70 bits per heavy atom. The zero-order valence-corrected chi connectivity index (χ0v) is 15.8. The van der Waals surface area contributed by atoms with E-state index in [4.69, 9.17) is 4.74 Å². The van der Waals surface area contributed by atoms with Gasteiger partial charge in [0, 0.05) is 23.0 Å². The molecule has 1 aromatic heterocycles. The quantitative estimate of drug-likeness (QED) is 0.413. The number of para-hydroxylation sites is 1. The Labute approximate surface area is 160 Å². The van der Waals surface area contributed by atoms with E-state index in [9.17, 15) is 0 Å². The van der Waals surface area contributed by atoms with Gasteiger partial charge < -0.3 is 9.72 Å². The Hall–Kier alpha value is -3.00. The Kier molecular flexibility index (Phi) is 4.72. The molecule has 3 aromatic carbocycles. The molecule has 0 amide bonds. The van der Waals surface area contributed by atoms with Gasteiger partial charge in [-0.15, -0.1) is 0 Å². The van der Waals surface area contributed by atoms with Gasteiger partial charge in [0.2, 0.25) is 0 Å². The van der Waals surface area contributed by atoms with Crippen molar-refractivity contribution < 1.29 is 4.74 Å². The number of aromatic amines is 1. The summed E-state index contributed by atoms with van der Waals surface area (Å²) in [7, 11) is 0. The van der Waals surface area contributed by atoms with E-state index in [1.807, 2.05) is 36.4 Å². The summed E-state index contributed by atoms with van der Waals surface area (Å²) in [5.41, 5.74) is 6.29. The molecule has 0 aliphatic rings. The zero-order valence-electron chi connectivity index (χ0n) is 15.8. The van der Waals surface area contributed by atoms with Crippen LogP contribution in [0.15, 0.2) is 72.9 Å². The third-order valence-corrected chi connectivity index (χ3v) is 5.07. The molecule has 1 radical (unpaired) electrons. The van der Waals surface area contributed by atoms with Gasteiger partial charge in [0.05, 0.1) is 0 Å². The molecule has 2 nitrogen and oxygen atoms in total.